The van der Waals surface area contributed by atoms with E-state index in [4.69, 9.17) is 9.47 Å². The Labute approximate surface area is 447 Å². The molecule has 1 amide bonds. The van der Waals surface area contributed by atoms with E-state index in [0.29, 0.717) is 19.3 Å². The molecule has 1 aliphatic rings. The third kappa shape index (κ3) is 39.1. The van der Waals surface area contributed by atoms with Gasteiger partial charge >= 0.3 is 0 Å². The Kier molecular flexibility index (Phi) is 48.1. The second-order valence-electron chi connectivity index (χ2n) is 21.4. The number of aliphatic hydroxyl groups excluding tert-OH is 7. The predicted molar refractivity (Wildman–Crippen MR) is 302 cm³/mol. The van der Waals surface area contributed by atoms with E-state index in [1.165, 1.54) is 173 Å². The maximum absolute atomic E-state index is 13.2. The first-order valence-corrected chi connectivity index (χ1v) is 30.5. The number of carbonyl (C=O) groups is 1. The first-order valence-electron chi connectivity index (χ1n) is 30.5. The quantitative estimate of drug-likeness (QED) is 0.0215. The van der Waals surface area contributed by atoms with Crippen molar-refractivity contribution in [3.63, 3.8) is 0 Å². The number of nitrogens with one attached hydrogen (secondary N) is 1. The summed E-state index contributed by atoms with van der Waals surface area (Å²) in [5.74, 6) is -0.711. The van der Waals surface area contributed by atoms with Crippen LogP contribution in [0.2, 0.25) is 0 Å². The van der Waals surface area contributed by atoms with Crippen molar-refractivity contribution in [1.82, 2.24) is 5.32 Å². The molecule has 0 aliphatic carbocycles. The first-order chi connectivity index (χ1) is 35.7. The number of aliphatic hydroxyl groups is 7. The van der Waals surface area contributed by atoms with Gasteiger partial charge in [-0.25, -0.2) is 0 Å². The van der Waals surface area contributed by atoms with Gasteiger partial charge in [-0.1, -0.05) is 236 Å². The third-order valence-corrected chi connectivity index (χ3v) is 14.6. The summed E-state index contributed by atoms with van der Waals surface area (Å²) in [7, 11) is 0. The second kappa shape index (κ2) is 50.9. The highest BCUT2D eigenvalue weighted by atomic mass is 16.7. The maximum Gasteiger partial charge on any atom is 0.249 e. The van der Waals surface area contributed by atoms with Gasteiger partial charge in [0.2, 0.25) is 5.91 Å². The number of rotatable bonds is 52. The van der Waals surface area contributed by atoms with Gasteiger partial charge in [-0.3, -0.25) is 4.79 Å². The zero-order chi connectivity index (χ0) is 53.3. The fourth-order valence-corrected chi connectivity index (χ4v) is 9.57. The highest BCUT2D eigenvalue weighted by Crippen LogP contribution is 2.23. The summed E-state index contributed by atoms with van der Waals surface area (Å²) >= 11 is 0. The molecule has 0 aromatic carbocycles. The average molecular weight is 1030 g/mol. The molecule has 0 saturated carbocycles. The fraction of sp³-hybridized carbons (Fsp3) is 0.855. The molecule has 11 heteroatoms. The number of allylic oxidation sites excluding steroid dienone is 8. The second-order valence-corrected chi connectivity index (χ2v) is 21.4. The van der Waals surface area contributed by atoms with Gasteiger partial charge in [-0.05, 0) is 83.5 Å². The molecule has 0 radical (unpaired) electrons. The minimum Gasteiger partial charge on any atom is -0.394 e. The van der Waals surface area contributed by atoms with E-state index in [9.17, 15) is 40.5 Å². The Morgan fingerprint density at radius 1 is 0.466 bits per heavy atom. The van der Waals surface area contributed by atoms with Crippen molar-refractivity contribution in [2.45, 2.75) is 326 Å². The normalized spacial score (nSPS) is 20.3. The number of unbranched alkanes of at least 4 members (excludes halogenated alkanes) is 32. The van der Waals surface area contributed by atoms with Crippen LogP contribution in [0.4, 0.5) is 0 Å². The van der Waals surface area contributed by atoms with Gasteiger partial charge < -0.3 is 50.5 Å². The average Bonchev–Trinajstić information content (AvgIpc) is 3.39. The van der Waals surface area contributed by atoms with Crippen LogP contribution in [-0.2, 0) is 14.3 Å². The van der Waals surface area contributed by atoms with Crippen LogP contribution in [0.1, 0.15) is 271 Å². The number of amides is 1. The lowest BCUT2D eigenvalue weighted by atomic mass is 9.98. The van der Waals surface area contributed by atoms with Crippen LogP contribution in [0.15, 0.2) is 48.6 Å². The number of hydrogen-bond donors (Lipinski definition) is 8. The van der Waals surface area contributed by atoms with Gasteiger partial charge in [0, 0.05) is 0 Å². The summed E-state index contributed by atoms with van der Waals surface area (Å²) in [5, 5.41) is 76.1. The van der Waals surface area contributed by atoms with Crippen LogP contribution in [-0.4, -0.2) is 110 Å². The Morgan fingerprint density at radius 2 is 0.836 bits per heavy atom. The summed E-state index contributed by atoms with van der Waals surface area (Å²) < 4.78 is 11.1. The molecule has 0 aromatic heterocycles. The van der Waals surface area contributed by atoms with Crippen LogP contribution in [0.3, 0.4) is 0 Å². The van der Waals surface area contributed by atoms with Crippen LogP contribution < -0.4 is 5.32 Å². The zero-order valence-electron chi connectivity index (χ0n) is 46.9. The Morgan fingerprint density at radius 3 is 1.26 bits per heavy atom. The predicted octanol–water partition coefficient (Wildman–Crippen LogP) is 13.2. The van der Waals surface area contributed by atoms with Gasteiger partial charge in [0.25, 0.3) is 0 Å². The van der Waals surface area contributed by atoms with E-state index in [-0.39, 0.29) is 12.8 Å². The lowest BCUT2D eigenvalue weighted by Crippen LogP contribution is -2.60. The van der Waals surface area contributed by atoms with E-state index in [2.05, 4.69) is 67.8 Å². The molecular formula is C62H115NO10. The van der Waals surface area contributed by atoms with E-state index < -0.39 is 74.2 Å². The molecule has 1 rings (SSSR count). The Hall–Kier alpha value is -1.93. The molecular weight excluding hydrogens is 919 g/mol. The largest absolute Gasteiger partial charge is 0.394 e. The minimum atomic E-state index is -1.67. The van der Waals surface area contributed by atoms with Gasteiger partial charge in [0.05, 0.1) is 25.4 Å². The highest BCUT2D eigenvalue weighted by Gasteiger charge is 2.44. The van der Waals surface area contributed by atoms with Crippen molar-refractivity contribution < 1.29 is 50.0 Å². The van der Waals surface area contributed by atoms with Crippen molar-refractivity contribution in [3.05, 3.63) is 48.6 Å². The summed E-state index contributed by atoms with van der Waals surface area (Å²) in [6.45, 7) is 3.41. The van der Waals surface area contributed by atoms with Crippen molar-refractivity contribution in [2.75, 3.05) is 13.2 Å². The monoisotopic (exact) mass is 1030 g/mol. The molecule has 1 fully saturated rings. The summed E-state index contributed by atoms with van der Waals surface area (Å²) in [5.41, 5.74) is 0. The van der Waals surface area contributed by atoms with E-state index >= 15 is 0 Å². The molecule has 11 nitrogen and oxygen atoms in total. The third-order valence-electron chi connectivity index (χ3n) is 14.6. The molecule has 1 aliphatic heterocycles. The molecule has 1 saturated heterocycles. The molecule has 1 heterocycles. The van der Waals surface area contributed by atoms with E-state index in [0.717, 1.165) is 51.4 Å². The highest BCUT2D eigenvalue weighted by molar-refractivity contribution is 5.80. The lowest BCUT2D eigenvalue weighted by Gasteiger charge is -2.40. The maximum atomic E-state index is 13.2. The molecule has 73 heavy (non-hydrogen) atoms. The minimum absolute atomic E-state index is 0.240. The fourth-order valence-electron chi connectivity index (χ4n) is 9.57. The topological polar surface area (TPSA) is 189 Å². The van der Waals surface area contributed by atoms with Gasteiger partial charge in [0.15, 0.2) is 6.29 Å². The SMILES string of the molecule is CCCC/C=C/CC/C=C/CC/C=C/CCCC(O)C(O)C(COC1OC(CO)C(O)C(O)C1O)NC(=O)C(O)CCCCCCCCCCCCCCCCC/C=C\CCCCCCCCCCCCCC. The van der Waals surface area contributed by atoms with E-state index in [1.54, 1.807) is 0 Å². The molecule has 0 spiro atoms. The number of carbonyl (C=O) groups excluding carboxylic acids is 1. The smallest absolute Gasteiger partial charge is 0.249 e. The standard InChI is InChI=1S/C62H115NO10/c1-3-5-7-9-11-13-15-17-19-20-21-22-23-24-25-26-27-28-29-30-31-32-33-34-36-38-40-42-44-46-48-50-55(66)61(71)63-53(52-72-62-60(70)59(69)58(68)56(51-64)73-62)57(67)54(65)49-47-45-43-41-39-37-35-18-16-14-12-10-8-6-4-2/h10,12,18,24-25,35,41,43,53-60,62,64-70H,3-9,11,13-17,19-23,26-34,36-40,42,44-52H2,1-2H3,(H,63,71)/b12-10+,25-24-,35-18+,43-41+. The Balaban J connectivity index is 2.23. The van der Waals surface area contributed by atoms with E-state index in [1.807, 2.05) is 0 Å². The van der Waals surface area contributed by atoms with Gasteiger partial charge in [0.1, 0.15) is 36.6 Å². The number of hydrogen-bond acceptors (Lipinski definition) is 10. The van der Waals surface area contributed by atoms with Gasteiger partial charge in [-0.2, -0.15) is 0 Å². The van der Waals surface area contributed by atoms with Crippen LogP contribution in [0.5, 0.6) is 0 Å². The summed E-state index contributed by atoms with van der Waals surface area (Å²) in [6.07, 6.45) is 53.3. The van der Waals surface area contributed by atoms with Crippen LogP contribution in [0.25, 0.3) is 0 Å². The molecule has 428 valence electrons. The molecule has 9 unspecified atom stereocenters. The number of ether oxygens (including phenoxy) is 2. The van der Waals surface area contributed by atoms with Crippen LogP contribution >= 0.6 is 0 Å². The van der Waals surface area contributed by atoms with Crippen molar-refractivity contribution in [3.8, 4) is 0 Å². The van der Waals surface area contributed by atoms with Gasteiger partial charge in [-0.15, -0.1) is 0 Å². The zero-order valence-corrected chi connectivity index (χ0v) is 46.9. The molecule has 8 N–H and O–H groups in total. The molecule has 9 atom stereocenters. The lowest BCUT2D eigenvalue weighted by molar-refractivity contribution is -0.303. The van der Waals surface area contributed by atoms with Crippen molar-refractivity contribution >= 4 is 5.91 Å². The van der Waals surface area contributed by atoms with Crippen molar-refractivity contribution in [2.24, 2.45) is 0 Å². The molecule has 0 bridgehead atoms. The Bertz CT molecular complexity index is 1320. The first kappa shape index (κ1) is 69.1. The van der Waals surface area contributed by atoms with Crippen LogP contribution in [0, 0.1) is 0 Å². The molecule has 0 aromatic rings. The summed E-state index contributed by atoms with van der Waals surface area (Å²) in [4.78, 5) is 13.2. The van der Waals surface area contributed by atoms with Crippen molar-refractivity contribution in [1.29, 1.82) is 0 Å². The summed E-state index contributed by atoms with van der Waals surface area (Å²) in [6, 6.07) is -1.19.